The van der Waals surface area contributed by atoms with E-state index in [2.05, 4.69) is 4.74 Å². The fraction of sp³-hybridized carbons (Fsp3) is 0.240. The van der Waals surface area contributed by atoms with E-state index in [0.717, 1.165) is 5.56 Å². The lowest BCUT2D eigenvalue weighted by molar-refractivity contribution is -0.274. The first-order chi connectivity index (χ1) is 15.5. The summed E-state index contributed by atoms with van der Waals surface area (Å²) in [4.78, 5) is 17.1. The zero-order chi connectivity index (χ0) is 24.0. The summed E-state index contributed by atoms with van der Waals surface area (Å²) in [5.41, 5.74) is 2.02. The number of carbonyl (C=O) groups excluding carboxylic acids is 1. The first-order valence-corrected chi connectivity index (χ1v) is 10.7. The molecule has 0 unspecified atom stereocenters. The van der Waals surface area contributed by atoms with Gasteiger partial charge in [0.25, 0.3) is 0 Å². The minimum atomic E-state index is -4.82. The Morgan fingerprint density at radius 3 is 2.15 bits per heavy atom. The smallest absolute Gasteiger partial charge is 0.406 e. The average molecular weight is 475 g/mol. The van der Waals surface area contributed by atoms with Crippen LogP contribution in [0.15, 0.2) is 72.8 Å². The normalized spacial score (nSPS) is 18.0. The second-order valence-corrected chi connectivity index (χ2v) is 8.91. The fourth-order valence-electron chi connectivity index (χ4n) is 4.34. The van der Waals surface area contributed by atoms with Crippen LogP contribution in [0.1, 0.15) is 31.0 Å². The van der Waals surface area contributed by atoms with Crippen molar-refractivity contribution in [2.24, 2.45) is 0 Å². The highest BCUT2D eigenvalue weighted by atomic mass is 35.5. The number of hydrogen-bond acceptors (Lipinski definition) is 2. The SMILES string of the molecule is Cc1ccc(N2C(=O)N(c3ccc(Cl)cc3)[C@H](c3cccc(OC(F)(F)F)c3)C2(C)C)cc1. The Balaban J connectivity index is 1.86. The van der Waals surface area contributed by atoms with Crippen molar-refractivity contribution in [3.05, 3.63) is 88.9 Å². The van der Waals surface area contributed by atoms with Gasteiger partial charge in [0, 0.05) is 16.4 Å². The topological polar surface area (TPSA) is 32.8 Å². The first kappa shape index (κ1) is 23.0. The molecular weight excluding hydrogens is 453 g/mol. The molecule has 0 bridgehead atoms. The highest BCUT2D eigenvalue weighted by molar-refractivity contribution is 6.30. The molecule has 1 saturated heterocycles. The summed E-state index contributed by atoms with van der Waals surface area (Å²) in [6.45, 7) is 5.74. The van der Waals surface area contributed by atoms with Crippen molar-refractivity contribution in [2.45, 2.75) is 38.7 Å². The minimum absolute atomic E-state index is 0.293. The molecule has 3 aromatic rings. The van der Waals surface area contributed by atoms with Crippen molar-refractivity contribution >= 4 is 29.0 Å². The molecule has 4 rings (SSSR count). The molecule has 0 spiro atoms. The quantitative estimate of drug-likeness (QED) is 0.392. The van der Waals surface area contributed by atoms with Gasteiger partial charge in [-0.05, 0) is 74.9 Å². The van der Waals surface area contributed by atoms with E-state index in [4.69, 9.17) is 11.6 Å². The number of halogens is 4. The van der Waals surface area contributed by atoms with Crippen molar-refractivity contribution in [1.29, 1.82) is 0 Å². The van der Waals surface area contributed by atoms with Crippen LogP contribution in [0.5, 0.6) is 5.75 Å². The van der Waals surface area contributed by atoms with E-state index in [1.807, 2.05) is 45.0 Å². The van der Waals surface area contributed by atoms with Gasteiger partial charge in [0.2, 0.25) is 0 Å². The Hall–Kier alpha value is -3.19. The molecule has 1 heterocycles. The number of anilines is 2. The maximum Gasteiger partial charge on any atom is 0.573 e. The Morgan fingerprint density at radius 2 is 1.55 bits per heavy atom. The third-order valence-corrected chi connectivity index (χ3v) is 5.96. The highest BCUT2D eigenvalue weighted by Crippen LogP contribution is 2.48. The van der Waals surface area contributed by atoms with Crippen molar-refractivity contribution in [3.8, 4) is 5.75 Å². The third kappa shape index (κ3) is 4.50. The summed E-state index contributed by atoms with van der Waals surface area (Å²) in [6.07, 6.45) is -4.82. The molecule has 33 heavy (non-hydrogen) atoms. The predicted octanol–water partition coefficient (Wildman–Crippen LogP) is 7.51. The van der Waals surface area contributed by atoms with E-state index in [1.165, 1.54) is 18.2 Å². The average Bonchev–Trinajstić information content (AvgIpc) is 2.93. The van der Waals surface area contributed by atoms with Gasteiger partial charge in [-0.3, -0.25) is 9.80 Å². The fourth-order valence-corrected chi connectivity index (χ4v) is 4.47. The molecule has 1 fully saturated rings. The molecule has 4 nitrogen and oxygen atoms in total. The predicted molar refractivity (Wildman–Crippen MR) is 123 cm³/mol. The van der Waals surface area contributed by atoms with E-state index >= 15 is 0 Å². The van der Waals surface area contributed by atoms with Gasteiger partial charge in [0.1, 0.15) is 5.75 Å². The molecule has 1 aliphatic rings. The lowest BCUT2D eigenvalue weighted by Crippen LogP contribution is -2.43. The maximum atomic E-state index is 13.8. The van der Waals surface area contributed by atoms with E-state index in [0.29, 0.717) is 22.0 Å². The highest BCUT2D eigenvalue weighted by Gasteiger charge is 2.53. The Kier molecular flexibility index (Phi) is 5.78. The molecular formula is C25H22ClF3N2O2. The molecule has 0 aromatic heterocycles. The third-order valence-electron chi connectivity index (χ3n) is 5.71. The van der Waals surface area contributed by atoms with Gasteiger partial charge in [-0.1, -0.05) is 41.4 Å². The number of nitrogens with zero attached hydrogens (tertiary/aromatic N) is 2. The molecule has 3 aromatic carbocycles. The molecule has 0 aliphatic carbocycles. The Morgan fingerprint density at radius 1 is 0.939 bits per heavy atom. The number of aryl methyl sites for hydroxylation is 1. The van der Waals surface area contributed by atoms with Gasteiger partial charge in [-0.25, -0.2) is 4.79 Å². The molecule has 8 heteroatoms. The van der Waals surface area contributed by atoms with Crippen LogP contribution < -0.4 is 14.5 Å². The second-order valence-electron chi connectivity index (χ2n) is 8.48. The largest absolute Gasteiger partial charge is 0.573 e. The molecule has 1 aliphatic heterocycles. The first-order valence-electron chi connectivity index (χ1n) is 10.3. The Bertz CT molecular complexity index is 1160. The Labute approximate surface area is 195 Å². The standard InChI is InChI=1S/C25H22ClF3N2O2/c1-16-7-11-20(12-8-16)31-23(32)30(19-13-9-18(26)10-14-19)22(24(31,2)3)17-5-4-6-21(15-17)33-25(27,28)29/h4-15,22H,1-3H3/t22-/m1/s1. The summed E-state index contributed by atoms with van der Waals surface area (Å²) >= 11 is 6.05. The van der Waals surface area contributed by atoms with E-state index in [9.17, 15) is 18.0 Å². The number of alkyl halides is 3. The number of rotatable bonds is 4. The van der Waals surface area contributed by atoms with Crippen LogP contribution in [-0.4, -0.2) is 17.9 Å². The summed E-state index contributed by atoms with van der Waals surface area (Å²) in [5, 5.41) is 0.511. The van der Waals surface area contributed by atoms with Crippen LogP contribution in [0, 0.1) is 6.92 Å². The van der Waals surface area contributed by atoms with Gasteiger partial charge < -0.3 is 4.74 Å². The van der Waals surface area contributed by atoms with E-state index in [1.54, 1.807) is 40.1 Å². The number of urea groups is 1. The van der Waals surface area contributed by atoms with Crippen LogP contribution in [-0.2, 0) is 0 Å². The van der Waals surface area contributed by atoms with Crippen molar-refractivity contribution < 1.29 is 22.7 Å². The summed E-state index contributed by atoms with van der Waals surface area (Å²) < 4.78 is 42.7. The van der Waals surface area contributed by atoms with Crippen LogP contribution in [0.25, 0.3) is 0 Å². The van der Waals surface area contributed by atoms with Gasteiger partial charge in [-0.2, -0.15) is 0 Å². The minimum Gasteiger partial charge on any atom is -0.406 e. The molecule has 0 N–H and O–H groups in total. The molecule has 1 atom stereocenters. The van der Waals surface area contributed by atoms with Crippen molar-refractivity contribution in [2.75, 3.05) is 9.80 Å². The molecule has 2 amide bonds. The number of benzene rings is 3. The number of ether oxygens (including phenoxy) is 1. The lowest BCUT2D eigenvalue weighted by Gasteiger charge is -2.35. The van der Waals surface area contributed by atoms with Gasteiger partial charge >= 0.3 is 12.4 Å². The number of hydrogen-bond donors (Lipinski definition) is 0. The zero-order valence-electron chi connectivity index (χ0n) is 18.2. The zero-order valence-corrected chi connectivity index (χ0v) is 19.0. The van der Waals surface area contributed by atoms with Gasteiger partial charge in [-0.15, -0.1) is 13.2 Å². The van der Waals surface area contributed by atoms with Gasteiger partial charge in [0.05, 0.1) is 11.6 Å². The van der Waals surface area contributed by atoms with Gasteiger partial charge in [0.15, 0.2) is 0 Å². The molecule has 0 saturated carbocycles. The second kappa shape index (κ2) is 8.30. The monoisotopic (exact) mass is 474 g/mol. The van der Waals surface area contributed by atoms with Crippen LogP contribution >= 0.6 is 11.6 Å². The van der Waals surface area contributed by atoms with Crippen molar-refractivity contribution in [1.82, 2.24) is 0 Å². The summed E-state index contributed by atoms with van der Waals surface area (Å²) in [6, 6.07) is 19.2. The molecule has 0 radical (unpaired) electrons. The summed E-state index contributed by atoms with van der Waals surface area (Å²) in [5.74, 6) is -0.340. The lowest BCUT2D eigenvalue weighted by atomic mass is 9.87. The van der Waals surface area contributed by atoms with Crippen molar-refractivity contribution in [3.63, 3.8) is 0 Å². The molecule has 172 valence electrons. The van der Waals surface area contributed by atoms with Crippen LogP contribution in [0.4, 0.5) is 29.3 Å². The van der Waals surface area contributed by atoms with E-state index in [-0.39, 0.29) is 11.8 Å². The number of carbonyl (C=O) groups is 1. The number of amides is 2. The van der Waals surface area contributed by atoms with Crippen LogP contribution in [0.3, 0.4) is 0 Å². The summed E-state index contributed by atoms with van der Waals surface area (Å²) in [7, 11) is 0. The van der Waals surface area contributed by atoms with Crippen LogP contribution in [0.2, 0.25) is 5.02 Å². The van der Waals surface area contributed by atoms with E-state index < -0.39 is 17.9 Å². The maximum absolute atomic E-state index is 13.8.